The normalized spacial score (nSPS) is 40.6. The largest absolute Gasteiger partial charge is 0.469 e. The predicted octanol–water partition coefficient (Wildman–Crippen LogP) is 2.82. The summed E-state index contributed by atoms with van der Waals surface area (Å²) in [5.74, 6) is 0.396. The van der Waals surface area contributed by atoms with E-state index in [2.05, 4.69) is 26.6 Å². The lowest BCUT2D eigenvalue weighted by molar-refractivity contribution is -0.185. The molecule has 4 heteroatoms. The quantitative estimate of drug-likeness (QED) is 0.575. The molecule has 0 N–H and O–H groups in total. The predicted molar refractivity (Wildman–Crippen MR) is 69.2 cm³/mol. The highest BCUT2D eigenvalue weighted by atomic mass is 28.4. The molecule has 0 aliphatic heterocycles. The second kappa shape index (κ2) is 4.09. The van der Waals surface area contributed by atoms with E-state index >= 15 is 0 Å². The SMILES string of the molecule is COC(=O)[C@H]1[C@H]2CCC[C@]2(C)[C@@H]1O[Si](C)(C)C. The van der Waals surface area contributed by atoms with Crippen molar-refractivity contribution in [1.29, 1.82) is 0 Å². The average Bonchev–Trinajstić information content (AvgIpc) is 2.54. The number of carbonyl (C=O) groups excluding carboxylic acids is 1. The number of hydrogen-bond donors (Lipinski definition) is 0. The van der Waals surface area contributed by atoms with Crippen LogP contribution in [0.25, 0.3) is 0 Å². The number of fused-ring (bicyclic) bond motifs is 1. The third-order valence-electron chi connectivity index (χ3n) is 4.44. The molecule has 0 aromatic carbocycles. The van der Waals surface area contributed by atoms with Gasteiger partial charge in [-0.1, -0.05) is 13.3 Å². The Balaban J connectivity index is 2.18. The van der Waals surface area contributed by atoms with Gasteiger partial charge in [-0.25, -0.2) is 0 Å². The Bertz CT molecular complexity index is 323. The summed E-state index contributed by atoms with van der Waals surface area (Å²) in [5.41, 5.74) is 0.221. The molecule has 3 nitrogen and oxygen atoms in total. The van der Waals surface area contributed by atoms with Crippen molar-refractivity contribution in [2.24, 2.45) is 17.3 Å². The summed E-state index contributed by atoms with van der Waals surface area (Å²) in [6.07, 6.45) is 3.66. The molecular formula is C13H24O3Si. The van der Waals surface area contributed by atoms with E-state index in [1.807, 2.05) is 0 Å². The van der Waals surface area contributed by atoms with E-state index in [-0.39, 0.29) is 23.4 Å². The Hall–Kier alpha value is -0.353. The first-order chi connectivity index (χ1) is 7.79. The summed E-state index contributed by atoms with van der Waals surface area (Å²) in [4.78, 5) is 11.9. The monoisotopic (exact) mass is 256 g/mol. The standard InChI is InChI=1S/C13H24O3Si/c1-13-8-6-7-9(13)10(12(14)15-2)11(13)16-17(3,4)5/h9-11H,6-8H2,1-5H3/t9-,10+,11-,13+/m1/s1. The maximum absolute atomic E-state index is 11.9. The maximum atomic E-state index is 11.9. The summed E-state index contributed by atoms with van der Waals surface area (Å²) in [6.45, 7) is 8.85. The van der Waals surface area contributed by atoms with Gasteiger partial charge in [-0.3, -0.25) is 4.79 Å². The van der Waals surface area contributed by atoms with Gasteiger partial charge in [-0.2, -0.15) is 0 Å². The van der Waals surface area contributed by atoms with E-state index in [0.717, 1.165) is 6.42 Å². The zero-order chi connectivity index (χ0) is 12.8. The zero-order valence-corrected chi connectivity index (χ0v) is 12.6. The van der Waals surface area contributed by atoms with Crippen molar-refractivity contribution < 1.29 is 14.0 Å². The van der Waals surface area contributed by atoms with Gasteiger partial charge in [0.15, 0.2) is 8.32 Å². The lowest BCUT2D eigenvalue weighted by atomic mass is 9.54. The van der Waals surface area contributed by atoms with Crippen molar-refractivity contribution in [2.45, 2.75) is 51.9 Å². The first-order valence-corrected chi connectivity index (χ1v) is 9.96. The number of methoxy groups -OCH3 is 1. The van der Waals surface area contributed by atoms with Crippen molar-refractivity contribution in [3.05, 3.63) is 0 Å². The lowest BCUT2D eigenvalue weighted by Crippen LogP contribution is -2.63. The molecular weight excluding hydrogens is 232 g/mol. The highest BCUT2D eigenvalue weighted by molar-refractivity contribution is 6.69. The van der Waals surface area contributed by atoms with Crippen molar-refractivity contribution in [3.8, 4) is 0 Å². The Morgan fingerprint density at radius 3 is 2.53 bits per heavy atom. The highest BCUT2D eigenvalue weighted by Gasteiger charge is 2.65. The van der Waals surface area contributed by atoms with Crippen LogP contribution in [0.4, 0.5) is 0 Å². The molecule has 0 saturated heterocycles. The molecule has 0 heterocycles. The van der Waals surface area contributed by atoms with Crippen LogP contribution in [0.1, 0.15) is 26.2 Å². The summed E-state index contributed by atoms with van der Waals surface area (Å²) in [7, 11) is -0.120. The molecule has 0 amide bonds. The van der Waals surface area contributed by atoms with E-state index in [1.165, 1.54) is 20.0 Å². The van der Waals surface area contributed by atoms with Gasteiger partial charge >= 0.3 is 5.97 Å². The summed E-state index contributed by atoms with van der Waals surface area (Å²) >= 11 is 0. The molecule has 0 aromatic heterocycles. The van der Waals surface area contributed by atoms with Crippen LogP contribution in [-0.4, -0.2) is 27.5 Å². The Kier molecular flexibility index (Phi) is 3.15. The smallest absolute Gasteiger partial charge is 0.311 e. The molecule has 0 radical (unpaired) electrons. The van der Waals surface area contributed by atoms with Crippen LogP contribution < -0.4 is 0 Å². The Morgan fingerprint density at radius 1 is 1.35 bits per heavy atom. The van der Waals surface area contributed by atoms with Crippen LogP contribution in [0.2, 0.25) is 19.6 Å². The van der Waals surface area contributed by atoms with Crippen molar-refractivity contribution in [2.75, 3.05) is 7.11 Å². The molecule has 2 fully saturated rings. The van der Waals surface area contributed by atoms with E-state index in [9.17, 15) is 4.79 Å². The van der Waals surface area contributed by atoms with Crippen LogP contribution in [0, 0.1) is 17.3 Å². The minimum Gasteiger partial charge on any atom is -0.469 e. The molecule has 0 aromatic rings. The molecule has 98 valence electrons. The molecule has 2 aliphatic rings. The van der Waals surface area contributed by atoms with Crippen molar-refractivity contribution in [1.82, 2.24) is 0 Å². The second-order valence-corrected chi connectivity index (χ2v) is 11.2. The highest BCUT2D eigenvalue weighted by Crippen LogP contribution is 2.62. The van der Waals surface area contributed by atoms with Crippen LogP contribution >= 0.6 is 0 Å². The molecule has 2 aliphatic carbocycles. The van der Waals surface area contributed by atoms with Crippen LogP contribution in [0.15, 0.2) is 0 Å². The number of hydrogen-bond acceptors (Lipinski definition) is 3. The van der Waals surface area contributed by atoms with Gasteiger partial charge in [0.2, 0.25) is 0 Å². The fourth-order valence-corrected chi connectivity index (χ4v) is 4.85. The lowest BCUT2D eigenvalue weighted by Gasteiger charge is -2.56. The van der Waals surface area contributed by atoms with Gasteiger partial charge in [0, 0.05) is 0 Å². The van der Waals surface area contributed by atoms with Crippen molar-refractivity contribution >= 4 is 14.3 Å². The molecule has 0 bridgehead atoms. The van der Waals surface area contributed by atoms with E-state index < -0.39 is 8.32 Å². The third kappa shape index (κ3) is 2.06. The number of rotatable bonds is 3. The maximum Gasteiger partial charge on any atom is 0.311 e. The molecule has 2 rings (SSSR count). The molecule has 2 saturated carbocycles. The summed E-state index contributed by atoms with van der Waals surface area (Å²) in [5, 5.41) is 0. The minimum atomic E-state index is -1.61. The van der Waals surface area contributed by atoms with Gasteiger partial charge in [0.1, 0.15) is 0 Å². The first-order valence-electron chi connectivity index (χ1n) is 6.55. The third-order valence-corrected chi connectivity index (χ3v) is 5.40. The first kappa shape index (κ1) is 13.1. The second-order valence-electron chi connectivity index (χ2n) is 6.70. The fourth-order valence-electron chi connectivity index (χ4n) is 3.68. The van der Waals surface area contributed by atoms with Gasteiger partial charge in [-0.15, -0.1) is 0 Å². The van der Waals surface area contributed by atoms with Crippen LogP contribution in [0.3, 0.4) is 0 Å². The van der Waals surface area contributed by atoms with E-state index in [4.69, 9.17) is 9.16 Å². The number of carbonyl (C=O) groups is 1. The van der Waals surface area contributed by atoms with E-state index in [1.54, 1.807) is 0 Å². The van der Waals surface area contributed by atoms with Gasteiger partial charge < -0.3 is 9.16 Å². The van der Waals surface area contributed by atoms with Gasteiger partial charge in [0.05, 0.1) is 19.1 Å². The molecule has 4 atom stereocenters. The summed E-state index contributed by atoms with van der Waals surface area (Å²) < 4.78 is 11.2. The van der Waals surface area contributed by atoms with Gasteiger partial charge in [0.25, 0.3) is 0 Å². The molecule has 17 heavy (non-hydrogen) atoms. The summed E-state index contributed by atoms with van der Waals surface area (Å²) in [6, 6.07) is 0. The van der Waals surface area contributed by atoms with Gasteiger partial charge in [-0.05, 0) is 43.8 Å². The van der Waals surface area contributed by atoms with E-state index in [0.29, 0.717) is 5.92 Å². The Labute approximate surface area is 105 Å². The Morgan fingerprint density at radius 2 is 2.00 bits per heavy atom. The number of esters is 1. The zero-order valence-electron chi connectivity index (χ0n) is 11.6. The fraction of sp³-hybridized carbons (Fsp3) is 0.923. The number of ether oxygens (including phenoxy) is 1. The molecule has 0 unspecified atom stereocenters. The minimum absolute atomic E-state index is 0.0146. The van der Waals surface area contributed by atoms with Crippen LogP contribution in [0.5, 0.6) is 0 Å². The van der Waals surface area contributed by atoms with Crippen molar-refractivity contribution in [3.63, 3.8) is 0 Å². The molecule has 0 spiro atoms. The average molecular weight is 256 g/mol. The van der Waals surface area contributed by atoms with Crippen LogP contribution in [-0.2, 0) is 14.0 Å². The topological polar surface area (TPSA) is 35.5 Å².